The van der Waals surface area contributed by atoms with Crippen LogP contribution in [0.5, 0.6) is 23.0 Å². The van der Waals surface area contributed by atoms with Crippen molar-refractivity contribution >= 4 is 5.91 Å². The van der Waals surface area contributed by atoms with Crippen molar-refractivity contribution in [3.05, 3.63) is 48.0 Å². The number of hydrogen-bond acceptors (Lipinski definition) is 5. The van der Waals surface area contributed by atoms with E-state index in [-0.39, 0.29) is 12.5 Å². The minimum Gasteiger partial charge on any atom is -0.497 e. The standard InChI is InChI=1S/C18H21NO5/c1-21-14-6-4-13(5-7-14)11-19-18(20)12-24-17-9-15(22-2)8-16(10-17)23-3/h4-10H,11-12H2,1-3H3,(H,19,20). The molecule has 1 amide bonds. The molecule has 0 heterocycles. The number of amides is 1. The van der Waals surface area contributed by atoms with E-state index in [9.17, 15) is 4.79 Å². The van der Waals surface area contributed by atoms with E-state index < -0.39 is 0 Å². The first-order valence-electron chi connectivity index (χ1n) is 7.40. The number of carbonyl (C=O) groups excluding carboxylic acids is 1. The van der Waals surface area contributed by atoms with E-state index in [0.29, 0.717) is 23.8 Å². The van der Waals surface area contributed by atoms with Crippen LogP contribution in [0.2, 0.25) is 0 Å². The minimum absolute atomic E-state index is 0.0908. The molecule has 2 rings (SSSR count). The predicted octanol–water partition coefficient (Wildman–Crippen LogP) is 2.41. The first-order chi connectivity index (χ1) is 11.6. The van der Waals surface area contributed by atoms with Crippen LogP contribution in [0.25, 0.3) is 0 Å². The number of nitrogens with one attached hydrogen (secondary N) is 1. The van der Waals surface area contributed by atoms with Crippen molar-refractivity contribution in [1.29, 1.82) is 0 Å². The summed E-state index contributed by atoms with van der Waals surface area (Å²) in [6.45, 7) is 0.333. The highest BCUT2D eigenvalue weighted by molar-refractivity contribution is 5.77. The lowest BCUT2D eigenvalue weighted by molar-refractivity contribution is -0.123. The maximum Gasteiger partial charge on any atom is 0.258 e. The molecule has 2 aromatic rings. The summed E-state index contributed by atoms with van der Waals surface area (Å²) >= 11 is 0. The molecule has 24 heavy (non-hydrogen) atoms. The molecule has 0 aromatic heterocycles. The van der Waals surface area contributed by atoms with E-state index in [2.05, 4.69) is 5.32 Å². The Bertz CT molecular complexity index is 647. The van der Waals surface area contributed by atoms with Crippen LogP contribution >= 0.6 is 0 Å². The Morgan fingerprint density at radius 1 is 0.833 bits per heavy atom. The number of methoxy groups -OCH3 is 3. The molecule has 0 saturated carbocycles. The second-order valence-electron chi connectivity index (χ2n) is 4.96. The number of hydrogen-bond donors (Lipinski definition) is 1. The molecule has 0 saturated heterocycles. The molecule has 1 N–H and O–H groups in total. The zero-order valence-corrected chi connectivity index (χ0v) is 14.0. The second kappa shape index (κ2) is 8.67. The van der Waals surface area contributed by atoms with Crippen molar-refractivity contribution in [2.75, 3.05) is 27.9 Å². The third-order valence-electron chi connectivity index (χ3n) is 3.34. The first-order valence-corrected chi connectivity index (χ1v) is 7.40. The monoisotopic (exact) mass is 331 g/mol. The van der Waals surface area contributed by atoms with Crippen LogP contribution in [0.15, 0.2) is 42.5 Å². The van der Waals surface area contributed by atoms with Gasteiger partial charge in [0.05, 0.1) is 21.3 Å². The number of rotatable bonds is 8. The largest absolute Gasteiger partial charge is 0.497 e. The zero-order valence-electron chi connectivity index (χ0n) is 14.0. The van der Waals surface area contributed by atoms with Crippen molar-refractivity contribution in [3.63, 3.8) is 0 Å². The Balaban J connectivity index is 1.84. The highest BCUT2D eigenvalue weighted by Gasteiger charge is 2.06. The van der Waals surface area contributed by atoms with E-state index in [1.807, 2.05) is 24.3 Å². The van der Waals surface area contributed by atoms with Gasteiger partial charge in [0, 0.05) is 24.7 Å². The van der Waals surface area contributed by atoms with Gasteiger partial charge in [-0.2, -0.15) is 0 Å². The summed E-state index contributed by atoms with van der Waals surface area (Å²) in [7, 11) is 4.72. The van der Waals surface area contributed by atoms with Gasteiger partial charge in [0.2, 0.25) is 0 Å². The zero-order chi connectivity index (χ0) is 17.4. The molecule has 0 unspecified atom stereocenters. The molecule has 0 aliphatic rings. The Labute approximate surface area is 141 Å². The van der Waals surface area contributed by atoms with Gasteiger partial charge in [0.1, 0.15) is 23.0 Å². The molecule has 0 radical (unpaired) electrons. The average molecular weight is 331 g/mol. The Kier molecular flexibility index (Phi) is 6.31. The van der Waals surface area contributed by atoms with Crippen molar-refractivity contribution in [1.82, 2.24) is 5.32 Å². The van der Waals surface area contributed by atoms with Crippen LogP contribution < -0.4 is 24.3 Å². The summed E-state index contributed by atoms with van der Waals surface area (Å²) in [6.07, 6.45) is 0. The van der Waals surface area contributed by atoms with Gasteiger partial charge < -0.3 is 24.3 Å². The number of carbonyl (C=O) groups is 1. The molecule has 0 spiro atoms. The van der Waals surface area contributed by atoms with Gasteiger partial charge in [-0.05, 0) is 17.7 Å². The number of ether oxygens (including phenoxy) is 4. The van der Waals surface area contributed by atoms with Gasteiger partial charge in [-0.25, -0.2) is 0 Å². The fourth-order valence-corrected chi connectivity index (χ4v) is 2.01. The van der Waals surface area contributed by atoms with Gasteiger partial charge in [-0.15, -0.1) is 0 Å². The molecule has 6 nitrogen and oxygen atoms in total. The predicted molar refractivity (Wildman–Crippen MR) is 89.9 cm³/mol. The first kappa shape index (κ1) is 17.5. The molecule has 2 aromatic carbocycles. The molecule has 0 fully saturated rings. The summed E-state index contributed by atoms with van der Waals surface area (Å²) in [6, 6.07) is 12.6. The van der Waals surface area contributed by atoms with Crippen molar-refractivity contribution in [2.24, 2.45) is 0 Å². The molecule has 0 aliphatic carbocycles. The van der Waals surface area contributed by atoms with Crippen LogP contribution in [-0.4, -0.2) is 33.8 Å². The topological polar surface area (TPSA) is 66.0 Å². The van der Waals surface area contributed by atoms with E-state index in [4.69, 9.17) is 18.9 Å². The fraction of sp³-hybridized carbons (Fsp3) is 0.278. The third-order valence-corrected chi connectivity index (χ3v) is 3.34. The molecule has 0 bridgehead atoms. The average Bonchev–Trinajstić information content (AvgIpc) is 2.64. The third kappa shape index (κ3) is 5.08. The maximum absolute atomic E-state index is 11.9. The maximum atomic E-state index is 11.9. The summed E-state index contributed by atoms with van der Waals surface area (Å²) in [4.78, 5) is 11.9. The molecular weight excluding hydrogens is 310 g/mol. The van der Waals surface area contributed by atoms with Crippen molar-refractivity contribution < 1.29 is 23.7 Å². The van der Waals surface area contributed by atoms with Gasteiger partial charge in [-0.1, -0.05) is 12.1 Å². The molecule has 128 valence electrons. The van der Waals surface area contributed by atoms with Crippen LogP contribution in [0.4, 0.5) is 0 Å². The lowest BCUT2D eigenvalue weighted by Crippen LogP contribution is -2.28. The number of benzene rings is 2. The van der Waals surface area contributed by atoms with Gasteiger partial charge in [0.15, 0.2) is 6.61 Å². The molecule has 0 aliphatic heterocycles. The SMILES string of the molecule is COc1ccc(CNC(=O)COc2cc(OC)cc(OC)c2)cc1. The van der Waals surface area contributed by atoms with Crippen molar-refractivity contribution in [3.8, 4) is 23.0 Å². The highest BCUT2D eigenvalue weighted by Crippen LogP contribution is 2.27. The van der Waals surface area contributed by atoms with E-state index in [0.717, 1.165) is 11.3 Å². The normalized spacial score (nSPS) is 9.96. The molecular formula is C18H21NO5. The fourth-order valence-electron chi connectivity index (χ4n) is 2.01. The Hall–Kier alpha value is -2.89. The van der Waals surface area contributed by atoms with Gasteiger partial charge in [0.25, 0.3) is 5.91 Å². The summed E-state index contributed by atoms with van der Waals surface area (Å²) in [5.74, 6) is 2.27. The van der Waals surface area contributed by atoms with E-state index in [1.54, 1.807) is 39.5 Å². The van der Waals surface area contributed by atoms with Crippen LogP contribution in [0, 0.1) is 0 Å². The smallest absolute Gasteiger partial charge is 0.258 e. The molecule has 6 heteroatoms. The Morgan fingerprint density at radius 3 is 1.92 bits per heavy atom. The summed E-state index contributed by atoms with van der Waals surface area (Å²) in [5, 5.41) is 2.80. The van der Waals surface area contributed by atoms with Crippen molar-refractivity contribution in [2.45, 2.75) is 6.54 Å². The van der Waals surface area contributed by atoms with Gasteiger partial charge >= 0.3 is 0 Å². The van der Waals surface area contributed by atoms with Crippen LogP contribution in [0.3, 0.4) is 0 Å². The van der Waals surface area contributed by atoms with Crippen LogP contribution in [-0.2, 0) is 11.3 Å². The summed E-state index contributed by atoms with van der Waals surface area (Å²) in [5.41, 5.74) is 0.979. The minimum atomic E-state index is -0.215. The lowest BCUT2D eigenvalue weighted by Gasteiger charge is -2.10. The molecule has 0 atom stereocenters. The summed E-state index contributed by atoms with van der Waals surface area (Å²) < 4.78 is 20.9. The highest BCUT2D eigenvalue weighted by atomic mass is 16.5. The van der Waals surface area contributed by atoms with Crippen LogP contribution in [0.1, 0.15) is 5.56 Å². The van der Waals surface area contributed by atoms with E-state index >= 15 is 0 Å². The van der Waals surface area contributed by atoms with E-state index in [1.165, 1.54) is 0 Å². The quantitative estimate of drug-likeness (QED) is 0.805. The van der Waals surface area contributed by atoms with Gasteiger partial charge in [-0.3, -0.25) is 4.79 Å². The Morgan fingerprint density at radius 2 is 1.38 bits per heavy atom. The lowest BCUT2D eigenvalue weighted by atomic mass is 10.2. The second-order valence-corrected chi connectivity index (χ2v) is 4.96.